The Bertz CT molecular complexity index is 1270. The van der Waals surface area contributed by atoms with Gasteiger partial charge in [0.25, 0.3) is 0 Å². The quantitative estimate of drug-likeness (QED) is 0.382. The monoisotopic (exact) mass is 495 g/mol. The first-order chi connectivity index (χ1) is 16.4. The van der Waals surface area contributed by atoms with Crippen molar-refractivity contribution >= 4 is 40.9 Å². The number of amides is 1. The van der Waals surface area contributed by atoms with Gasteiger partial charge in [0.1, 0.15) is 11.2 Å². The van der Waals surface area contributed by atoms with Crippen molar-refractivity contribution in [3.8, 4) is 0 Å². The lowest BCUT2D eigenvalue weighted by Gasteiger charge is -2.30. The van der Waals surface area contributed by atoms with Crippen LogP contribution in [0.15, 0.2) is 60.7 Å². The van der Waals surface area contributed by atoms with Crippen LogP contribution < -0.4 is 4.90 Å². The van der Waals surface area contributed by atoms with E-state index in [4.69, 9.17) is 16.3 Å². The molecule has 1 saturated heterocycles. The van der Waals surface area contributed by atoms with Crippen LogP contribution in [0.1, 0.15) is 50.8 Å². The van der Waals surface area contributed by atoms with E-state index in [2.05, 4.69) is 0 Å². The number of benzene rings is 3. The van der Waals surface area contributed by atoms with Crippen LogP contribution in [0.5, 0.6) is 0 Å². The number of carbonyl (C=O) groups excluding carboxylic acids is 2. The van der Waals surface area contributed by atoms with Gasteiger partial charge in [0.2, 0.25) is 5.91 Å². The molecule has 5 rings (SSSR count). The maximum Gasteiger partial charge on any atom is 0.338 e. The number of hydrogen-bond donors (Lipinski definition) is 0. The molecule has 1 aliphatic heterocycles. The summed E-state index contributed by atoms with van der Waals surface area (Å²) in [7, 11) is 1.38. The third kappa shape index (κ3) is 3.79. The van der Waals surface area contributed by atoms with Crippen LogP contribution in [0.4, 0.5) is 10.1 Å². The van der Waals surface area contributed by atoms with Gasteiger partial charge in [-0.3, -0.25) is 9.69 Å². The van der Waals surface area contributed by atoms with Crippen molar-refractivity contribution in [1.82, 2.24) is 0 Å². The summed E-state index contributed by atoms with van der Waals surface area (Å²) in [6.07, 6.45) is 1.76. The average molecular weight is 496 g/mol. The predicted octanol–water partition coefficient (Wildman–Crippen LogP) is 6.43. The van der Waals surface area contributed by atoms with Gasteiger partial charge in [-0.2, -0.15) is 0 Å². The van der Waals surface area contributed by atoms with Gasteiger partial charge in [-0.05, 0) is 78.4 Å². The number of esters is 1. The largest absolute Gasteiger partial charge is 0.465 e. The highest BCUT2D eigenvalue weighted by molar-refractivity contribution is 8.00. The molecule has 1 heterocycles. The van der Waals surface area contributed by atoms with Crippen LogP contribution in [0, 0.1) is 12.7 Å². The smallest absolute Gasteiger partial charge is 0.338 e. The van der Waals surface area contributed by atoms with Crippen LogP contribution >= 0.6 is 23.4 Å². The number of anilines is 1. The van der Waals surface area contributed by atoms with Crippen molar-refractivity contribution in [2.24, 2.45) is 0 Å². The zero-order chi connectivity index (χ0) is 24.0. The first-order valence-electron chi connectivity index (χ1n) is 11.0. The van der Waals surface area contributed by atoms with E-state index in [1.165, 1.54) is 31.0 Å². The number of halogens is 2. The molecule has 2 aliphatic rings. The summed E-state index contributed by atoms with van der Waals surface area (Å²) in [6, 6.07) is 17.6. The minimum Gasteiger partial charge on any atom is -0.465 e. The normalized spacial score (nSPS) is 18.8. The molecule has 1 amide bonds. The highest BCUT2D eigenvalue weighted by Crippen LogP contribution is 2.57. The third-order valence-corrected chi connectivity index (χ3v) is 8.21. The van der Waals surface area contributed by atoms with Crippen LogP contribution in [0.2, 0.25) is 5.02 Å². The molecular formula is C27H23ClFNO3S. The van der Waals surface area contributed by atoms with Gasteiger partial charge in [0, 0.05) is 16.1 Å². The van der Waals surface area contributed by atoms with E-state index in [1.54, 1.807) is 23.1 Å². The highest BCUT2D eigenvalue weighted by atomic mass is 35.5. The second-order valence-electron chi connectivity index (χ2n) is 8.69. The summed E-state index contributed by atoms with van der Waals surface area (Å²) >= 11 is 7.64. The van der Waals surface area contributed by atoms with E-state index in [1.807, 2.05) is 37.3 Å². The van der Waals surface area contributed by atoms with Crippen molar-refractivity contribution in [1.29, 1.82) is 0 Å². The van der Waals surface area contributed by atoms with Gasteiger partial charge in [0.05, 0.1) is 18.4 Å². The second-order valence-corrected chi connectivity index (χ2v) is 10.2. The first-order valence-corrected chi connectivity index (χ1v) is 12.5. The van der Waals surface area contributed by atoms with E-state index in [0.29, 0.717) is 16.3 Å². The molecule has 0 bridgehead atoms. The molecule has 1 unspecified atom stereocenters. The Kier molecular flexibility index (Phi) is 5.90. The van der Waals surface area contributed by atoms with Crippen LogP contribution in [-0.4, -0.2) is 24.7 Å². The van der Waals surface area contributed by atoms with Crippen molar-refractivity contribution in [3.05, 3.63) is 99.3 Å². The standard InChI is InChI=1S/C27H23ClFNO3S/c1-16-22(30-23(31)15-34-25(30)17-3-9-20(29)10-4-17)12-11-21(26(32)33-2)24(16)27(13-14-27)18-5-7-19(28)8-6-18/h3-12,25H,13-15H2,1-2H3. The van der Waals surface area contributed by atoms with E-state index in [9.17, 15) is 14.0 Å². The predicted molar refractivity (Wildman–Crippen MR) is 133 cm³/mol. The van der Waals surface area contributed by atoms with E-state index >= 15 is 0 Å². The van der Waals surface area contributed by atoms with Crippen molar-refractivity contribution in [3.63, 3.8) is 0 Å². The molecule has 0 radical (unpaired) electrons. The lowest BCUT2D eigenvalue weighted by Crippen LogP contribution is -2.30. The molecule has 1 atom stereocenters. The molecule has 4 nitrogen and oxygen atoms in total. The number of hydrogen-bond acceptors (Lipinski definition) is 4. The summed E-state index contributed by atoms with van der Waals surface area (Å²) in [4.78, 5) is 27.6. The fraction of sp³-hybridized carbons (Fsp3) is 0.259. The van der Waals surface area contributed by atoms with Crippen LogP contribution in [-0.2, 0) is 14.9 Å². The first kappa shape index (κ1) is 22.9. The Morgan fingerprint density at radius 3 is 2.38 bits per heavy atom. The molecule has 7 heteroatoms. The maximum atomic E-state index is 13.5. The molecule has 0 spiro atoms. The number of nitrogens with zero attached hydrogens (tertiary/aromatic N) is 1. The number of methoxy groups -OCH3 is 1. The molecule has 1 aliphatic carbocycles. The fourth-order valence-electron chi connectivity index (χ4n) is 4.99. The molecule has 3 aromatic carbocycles. The minimum atomic E-state index is -0.401. The third-order valence-electron chi connectivity index (χ3n) is 6.75. The number of ether oxygens (including phenoxy) is 1. The van der Waals surface area contributed by atoms with E-state index in [0.717, 1.165) is 40.8 Å². The molecular weight excluding hydrogens is 473 g/mol. The van der Waals surface area contributed by atoms with Crippen molar-refractivity contribution in [2.75, 3.05) is 17.8 Å². The topological polar surface area (TPSA) is 46.6 Å². The van der Waals surface area contributed by atoms with Gasteiger partial charge in [0.15, 0.2) is 0 Å². The van der Waals surface area contributed by atoms with Crippen molar-refractivity contribution < 1.29 is 18.7 Å². The minimum absolute atomic E-state index is 0.0180. The van der Waals surface area contributed by atoms with Gasteiger partial charge in [-0.1, -0.05) is 35.9 Å². The zero-order valence-electron chi connectivity index (χ0n) is 18.8. The molecule has 0 aromatic heterocycles. The van der Waals surface area contributed by atoms with Gasteiger partial charge >= 0.3 is 5.97 Å². The second kappa shape index (κ2) is 8.75. The summed E-state index contributed by atoms with van der Waals surface area (Å²) in [6.45, 7) is 1.96. The Labute approximate surface area is 207 Å². The van der Waals surface area contributed by atoms with Crippen LogP contribution in [0.3, 0.4) is 0 Å². The number of carbonyl (C=O) groups is 2. The number of thioether (sulfide) groups is 1. The Hall–Kier alpha value is -2.83. The summed E-state index contributed by atoms with van der Waals surface area (Å²) in [5.74, 6) is -0.403. The molecule has 174 valence electrons. The zero-order valence-corrected chi connectivity index (χ0v) is 20.4. The van der Waals surface area contributed by atoms with Crippen molar-refractivity contribution in [2.45, 2.75) is 30.6 Å². The van der Waals surface area contributed by atoms with Gasteiger partial charge in [-0.15, -0.1) is 11.8 Å². The summed E-state index contributed by atoms with van der Waals surface area (Å²) in [5.41, 5.74) is 4.63. The summed E-state index contributed by atoms with van der Waals surface area (Å²) in [5, 5.41) is 0.384. The van der Waals surface area contributed by atoms with Gasteiger partial charge in [-0.25, -0.2) is 9.18 Å². The van der Waals surface area contributed by atoms with E-state index in [-0.39, 0.29) is 22.5 Å². The van der Waals surface area contributed by atoms with E-state index < -0.39 is 5.97 Å². The Balaban J connectivity index is 1.66. The Morgan fingerprint density at radius 2 is 1.76 bits per heavy atom. The van der Waals surface area contributed by atoms with Crippen LogP contribution in [0.25, 0.3) is 0 Å². The molecule has 3 aromatic rings. The summed E-state index contributed by atoms with van der Waals surface area (Å²) < 4.78 is 18.6. The van der Waals surface area contributed by atoms with Gasteiger partial charge < -0.3 is 4.74 Å². The molecule has 0 N–H and O–H groups in total. The Morgan fingerprint density at radius 1 is 1.09 bits per heavy atom. The SMILES string of the molecule is COC(=O)c1ccc(N2C(=O)CSC2c2ccc(F)cc2)c(C)c1C1(c2ccc(Cl)cc2)CC1. The maximum absolute atomic E-state index is 13.5. The lowest BCUT2D eigenvalue weighted by atomic mass is 9.81. The lowest BCUT2D eigenvalue weighted by molar-refractivity contribution is -0.115. The molecule has 1 saturated carbocycles. The highest BCUT2D eigenvalue weighted by Gasteiger charge is 2.50. The average Bonchev–Trinajstić information content (AvgIpc) is 3.55. The molecule has 2 fully saturated rings. The fourth-order valence-corrected chi connectivity index (χ4v) is 6.29. The number of rotatable bonds is 5. The molecule has 34 heavy (non-hydrogen) atoms.